The van der Waals surface area contributed by atoms with Crippen LogP contribution in [0.2, 0.25) is 0 Å². The molecule has 2 rings (SSSR count). The van der Waals surface area contributed by atoms with Crippen molar-refractivity contribution in [1.82, 2.24) is 0 Å². The molecule has 0 saturated carbocycles. The highest BCUT2D eigenvalue weighted by molar-refractivity contribution is 5.92. The summed E-state index contributed by atoms with van der Waals surface area (Å²) < 4.78 is 21.7. The van der Waals surface area contributed by atoms with Crippen LogP contribution < -0.4 is 24.7 Å². The van der Waals surface area contributed by atoms with Crippen molar-refractivity contribution in [2.45, 2.75) is 6.42 Å². The summed E-state index contributed by atoms with van der Waals surface area (Å²) >= 11 is 0. The molecule has 114 valence electrons. The van der Waals surface area contributed by atoms with Crippen LogP contribution >= 0.6 is 0 Å². The van der Waals surface area contributed by atoms with Gasteiger partial charge in [0.05, 0.1) is 28.4 Å². The van der Waals surface area contributed by atoms with E-state index in [1.165, 1.54) is 0 Å². The Bertz CT molecular complexity index is 635. The van der Waals surface area contributed by atoms with E-state index in [-0.39, 0.29) is 0 Å². The third-order valence-corrected chi connectivity index (χ3v) is 3.48. The third kappa shape index (κ3) is 2.69. The molecule has 0 aliphatic heterocycles. The topological polar surface area (TPSA) is 62.9 Å². The maximum absolute atomic E-state index is 5.74. The number of ether oxygens (including phenoxy) is 4. The molecular weight excluding hydrogens is 270 g/mol. The molecule has 0 saturated heterocycles. The van der Waals surface area contributed by atoms with E-state index in [0.29, 0.717) is 36.0 Å². The lowest BCUT2D eigenvalue weighted by molar-refractivity contribution is 0.351. The molecule has 0 bridgehead atoms. The van der Waals surface area contributed by atoms with E-state index < -0.39 is 0 Å². The van der Waals surface area contributed by atoms with Gasteiger partial charge < -0.3 is 24.7 Å². The fraction of sp³-hybridized carbons (Fsp3) is 0.375. The summed E-state index contributed by atoms with van der Waals surface area (Å²) in [7, 11) is 6.49. The molecule has 0 amide bonds. The van der Waals surface area contributed by atoms with Gasteiger partial charge in [-0.15, -0.1) is 0 Å². The van der Waals surface area contributed by atoms with Crippen LogP contribution in [0.25, 0.3) is 10.8 Å². The molecule has 2 N–H and O–H groups in total. The lowest BCUT2D eigenvalue weighted by atomic mass is 9.99. The van der Waals surface area contributed by atoms with E-state index in [9.17, 15) is 0 Å². The van der Waals surface area contributed by atoms with Crippen molar-refractivity contribution in [1.29, 1.82) is 0 Å². The van der Waals surface area contributed by atoms with E-state index in [2.05, 4.69) is 0 Å². The average Bonchev–Trinajstić information content (AvgIpc) is 2.53. The Morgan fingerprint density at radius 3 is 1.90 bits per heavy atom. The van der Waals surface area contributed by atoms with E-state index in [1.807, 2.05) is 18.2 Å². The van der Waals surface area contributed by atoms with E-state index in [4.69, 9.17) is 24.7 Å². The smallest absolute Gasteiger partial charge is 0.164 e. The van der Waals surface area contributed by atoms with E-state index in [1.54, 1.807) is 28.4 Å². The van der Waals surface area contributed by atoms with E-state index in [0.717, 1.165) is 16.3 Å². The Hall–Kier alpha value is -2.14. The van der Waals surface area contributed by atoms with Gasteiger partial charge >= 0.3 is 0 Å². The first-order valence-corrected chi connectivity index (χ1v) is 6.69. The minimum Gasteiger partial charge on any atom is -0.493 e. The van der Waals surface area contributed by atoms with Crippen LogP contribution in [0.15, 0.2) is 18.2 Å². The molecule has 0 unspecified atom stereocenters. The first kappa shape index (κ1) is 15.3. The molecule has 2 aromatic rings. The molecule has 0 radical (unpaired) electrons. The molecule has 2 aromatic carbocycles. The number of fused-ring (bicyclic) bond motifs is 1. The summed E-state index contributed by atoms with van der Waals surface area (Å²) in [4.78, 5) is 0. The third-order valence-electron chi connectivity index (χ3n) is 3.48. The standard InChI is InChI=1S/C16H21NO4/c1-18-13-7-10-8-15(20-3)16(21-4)11(5-6-17)12(10)9-14(13)19-2/h7-9H,5-6,17H2,1-4H3. The molecule has 5 heteroatoms. The molecular formula is C16H21NO4. The highest BCUT2D eigenvalue weighted by atomic mass is 16.5. The zero-order chi connectivity index (χ0) is 15.4. The quantitative estimate of drug-likeness (QED) is 0.885. The molecule has 0 spiro atoms. The largest absolute Gasteiger partial charge is 0.493 e. The van der Waals surface area contributed by atoms with Gasteiger partial charge in [0.2, 0.25) is 0 Å². The first-order chi connectivity index (χ1) is 10.2. The normalized spacial score (nSPS) is 10.5. The van der Waals surface area contributed by atoms with Crippen molar-refractivity contribution < 1.29 is 18.9 Å². The fourth-order valence-corrected chi connectivity index (χ4v) is 2.52. The van der Waals surface area contributed by atoms with Gasteiger partial charge in [0, 0.05) is 5.56 Å². The second-order valence-corrected chi connectivity index (χ2v) is 4.56. The minimum absolute atomic E-state index is 0.521. The van der Waals surface area contributed by atoms with Gasteiger partial charge in [0.15, 0.2) is 23.0 Å². The van der Waals surface area contributed by atoms with Crippen LogP contribution in [0.1, 0.15) is 5.56 Å². The van der Waals surface area contributed by atoms with Crippen LogP contribution in [-0.4, -0.2) is 35.0 Å². The van der Waals surface area contributed by atoms with Crippen molar-refractivity contribution in [3.63, 3.8) is 0 Å². The van der Waals surface area contributed by atoms with Crippen LogP contribution in [0, 0.1) is 0 Å². The highest BCUT2D eigenvalue weighted by Gasteiger charge is 2.17. The van der Waals surface area contributed by atoms with Crippen molar-refractivity contribution in [2.24, 2.45) is 5.73 Å². The number of rotatable bonds is 6. The van der Waals surface area contributed by atoms with Crippen molar-refractivity contribution in [2.75, 3.05) is 35.0 Å². The lowest BCUT2D eigenvalue weighted by Gasteiger charge is -2.17. The molecule has 21 heavy (non-hydrogen) atoms. The number of methoxy groups -OCH3 is 4. The Balaban J connectivity index is 2.82. The van der Waals surface area contributed by atoms with Crippen LogP contribution in [0.4, 0.5) is 0 Å². The van der Waals surface area contributed by atoms with Crippen LogP contribution in [0.5, 0.6) is 23.0 Å². The molecule has 0 aromatic heterocycles. The summed E-state index contributed by atoms with van der Waals surface area (Å²) in [5.74, 6) is 2.75. The van der Waals surface area contributed by atoms with Crippen molar-refractivity contribution in [3.8, 4) is 23.0 Å². The molecule has 0 fully saturated rings. The summed E-state index contributed by atoms with van der Waals surface area (Å²) in [5.41, 5.74) is 6.75. The number of hydrogen-bond acceptors (Lipinski definition) is 5. The summed E-state index contributed by atoms with van der Waals surface area (Å²) in [6.07, 6.45) is 0.687. The van der Waals surface area contributed by atoms with Gasteiger partial charge in [-0.25, -0.2) is 0 Å². The van der Waals surface area contributed by atoms with Crippen molar-refractivity contribution in [3.05, 3.63) is 23.8 Å². The van der Waals surface area contributed by atoms with Crippen LogP contribution in [-0.2, 0) is 6.42 Å². The van der Waals surface area contributed by atoms with Crippen LogP contribution in [0.3, 0.4) is 0 Å². The minimum atomic E-state index is 0.521. The molecule has 0 atom stereocenters. The zero-order valence-corrected chi connectivity index (χ0v) is 12.9. The number of nitrogens with two attached hydrogens (primary N) is 1. The average molecular weight is 291 g/mol. The Morgan fingerprint density at radius 2 is 1.38 bits per heavy atom. The lowest BCUT2D eigenvalue weighted by Crippen LogP contribution is -2.06. The zero-order valence-electron chi connectivity index (χ0n) is 12.9. The SMILES string of the molecule is COc1cc2cc(OC)c(OC)c(CCN)c2cc1OC. The second kappa shape index (κ2) is 6.54. The molecule has 0 heterocycles. The Kier molecular flexibility index (Phi) is 4.75. The van der Waals surface area contributed by atoms with Gasteiger partial charge in [-0.1, -0.05) is 0 Å². The van der Waals surface area contributed by atoms with Gasteiger partial charge in [-0.05, 0) is 41.9 Å². The predicted molar refractivity (Wildman–Crippen MR) is 82.9 cm³/mol. The van der Waals surface area contributed by atoms with Crippen molar-refractivity contribution >= 4 is 10.8 Å². The summed E-state index contributed by atoms with van der Waals surface area (Å²) in [6, 6.07) is 5.80. The monoisotopic (exact) mass is 291 g/mol. The highest BCUT2D eigenvalue weighted by Crippen LogP contribution is 2.41. The van der Waals surface area contributed by atoms with E-state index >= 15 is 0 Å². The number of hydrogen-bond donors (Lipinski definition) is 1. The van der Waals surface area contributed by atoms with Gasteiger partial charge in [0.1, 0.15) is 0 Å². The molecule has 0 aliphatic carbocycles. The summed E-state index contributed by atoms with van der Waals surface area (Å²) in [5, 5.41) is 2.02. The Labute approximate surface area is 124 Å². The maximum atomic E-state index is 5.74. The molecule has 0 aliphatic rings. The molecule has 5 nitrogen and oxygen atoms in total. The fourth-order valence-electron chi connectivity index (χ4n) is 2.52. The number of benzene rings is 2. The van der Waals surface area contributed by atoms with Gasteiger partial charge in [-0.3, -0.25) is 0 Å². The predicted octanol–water partition coefficient (Wildman–Crippen LogP) is 2.38. The van der Waals surface area contributed by atoms with Gasteiger partial charge in [0.25, 0.3) is 0 Å². The summed E-state index contributed by atoms with van der Waals surface area (Å²) in [6.45, 7) is 0.521. The van der Waals surface area contributed by atoms with Gasteiger partial charge in [-0.2, -0.15) is 0 Å². The maximum Gasteiger partial charge on any atom is 0.164 e. The Morgan fingerprint density at radius 1 is 0.810 bits per heavy atom. The second-order valence-electron chi connectivity index (χ2n) is 4.56. The first-order valence-electron chi connectivity index (χ1n) is 6.69.